The summed E-state index contributed by atoms with van der Waals surface area (Å²) in [6.45, 7) is 4.13. The third-order valence-corrected chi connectivity index (χ3v) is 4.89. The summed E-state index contributed by atoms with van der Waals surface area (Å²) in [5, 5.41) is 0. The second-order valence-corrected chi connectivity index (χ2v) is 7.01. The number of ether oxygens (including phenoxy) is 1. The smallest absolute Gasteiger partial charge is 0.119 e. The molecule has 1 saturated carbocycles. The van der Waals surface area contributed by atoms with Gasteiger partial charge in [0.2, 0.25) is 0 Å². The quantitative estimate of drug-likeness (QED) is 0.663. The van der Waals surface area contributed by atoms with Gasteiger partial charge < -0.3 is 9.64 Å². The zero-order valence-electron chi connectivity index (χ0n) is 14.7. The van der Waals surface area contributed by atoms with E-state index in [1.165, 1.54) is 50.6 Å². The summed E-state index contributed by atoms with van der Waals surface area (Å²) in [5.41, 5.74) is 1.51. The van der Waals surface area contributed by atoms with Crippen molar-refractivity contribution < 1.29 is 4.74 Å². The lowest BCUT2D eigenvalue weighted by Gasteiger charge is -2.31. The highest BCUT2D eigenvalue weighted by Gasteiger charge is 2.25. The minimum atomic E-state index is 0.711. The molecule has 0 bridgehead atoms. The molecule has 1 aromatic carbocycles. The van der Waals surface area contributed by atoms with Crippen LogP contribution >= 0.6 is 0 Å². The van der Waals surface area contributed by atoms with Gasteiger partial charge in [-0.15, -0.1) is 0 Å². The Morgan fingerprint density at radius 3 is 2.36 bits per heavy atom. The summed E-state index contributed by atoms with van der Waals surface area (Å²) in [6.07, 6.45) is 9.42. The summed E-state index contributed by atoms with van der Waals surface area (Å²) in [7, 11) is 4.36. The standard InChI is InChI=1S/C20H33NO/c1-4-16-22-19-12-10-18(11-13-19)20(14-15-21(2)3)17-8-6-5-7-9-17/h10-13,17,20H,4-9,14-16H2,1-3H3. The van der Waals surface area contributed by atoms with E-state index in [2.05, 4.69) is 50.2 Å². The zero-order chi connectivity index (χ0) is 15.8. The normalized spacial score (nSPS) is 17.6. The monoisotopic (exact) mass is 303 g/mol. The van der Waals surface area contributed by atoms with Gasteiger partial charge in [0.05, 0.1) is 6.61 Å². The molecule has 1 aliphatic rings. The van der Waals surface area contributed by atoms with E-state index in [4.69, 9.17) is 4.74 Å². The first-order valence-electron chi connectivity index (χ1n) is 9.08. The number of nitrogens with zero attached hydrogens (tertiary/aromatic N) is 1. The lowest BCUT2D eigenvalue weighted by atomic mass is 9.75. The van der Waals surface area contributed by atoms with Crippen molar-refractivity contribution >= 4 is 0 Å². The molecule has 1 aliphatic carbocycles. The van der Waals surface area contributed by atoms with Crippen LogP contribution in [0.2, 0.25) is 0 Å². The fourth-order valence-corrected chi connectivity index (χ4v) is 3.64. The largest absolute Gasteiger partial charge is 0.494 e. The minimum Gasteiger partial charge on any atom is -0.494 e. The Morgan fingerprint density at radius 1 is 1.09 bits per heavy atom. The summed E-state index contributed by atoms with van der Waals surface area (Å²) in [5.74, 6) is 2.60. The molecule has 0 spiro atoms. The van der Waals surface area contributed by atoms with E-state index in [1.54, 1.807) is 0 Å². The Bertz CT molecular complexity index is 406. The summed E-state index contributed by atoms with van der Waals surface area (Å²) in [4.78, 5) is 2.31. The van der Waals surface area contributed by atoms with Crippen LogP contribution in [0.4, 0.5) is 0 Å². The maximum absolute atomic E-state index is 5.73. The van der Waals surface area contributed by atoms with Crippen molar-refractivity contribution in [3.8, 4) is 5.75 Å². The van der Waals surface area contributed by atoms with Gasteiger partial charge in [-0.25, -0.2) is 0 Å². The van der Waals surface area contributed by atoms with Crippen LogP contribution in [-0.4, -0.2) is 32.1 Å². The van der Waals surface area contributed by atoms with Gasteiger partial charge in [-0.2, -0.15) is 0 Å². The van der Waals surface area contributed by atoms with Crippen LogP contribution in [0.3, 0.4) is 0 Å². The third-order valence-electron chi connectivity index (χ3n) is 4.89. The van der Waals surface area contributed by atoms with Crippen LogP contribution in [0.15, 0.2) is 24.3 Å². The second kappa shape index (κ2) is 9.19. The molecule has 0 amide bonds. The van der Waals surface area contributed by atoms with Crippen molar-refractivity contribution in [2.75, 3.05) is 27.2 Å². The maximum Gasteiger partial charge on any atom is 0.119 e. The number of benzene rings is 1. The molecule has 2 rings (SSSR count). The number of hydrogen-bond donors (Lipinski definition) is 0. The van der Waals surface area contributed by atoms with Gasteiger partial charge in [-0.05, 0) is 75.9 Å². The predicted molar refractivity (Wildman–Crippen MR) is 94.7 cm³/mol. The van der Waals surface area contributed by atoms with E-state index < -0.39 is 0 Å². The van der Waals surface area contributed by atoms with Gasteiger partial charge in [-0.3, -0.25) is 0 Å². The Labute approximate surface area is 136 Å². The Kier molecular flexibility index (Phi) is 7.24. The summed E-state index contributed by atoms with van der Waals surface area (Å²) < 4.78 is 5.73. The van der Waals surface area contributed by atoms with Crippen molar-refractivity contribution in [1.82, 2.24) is 4.90 Å². The summed E-state index contributed by atoms with van der Waals surface area (Å²) >= 11 is 0. The van der Waals surface area contributed by atoms with Crippen LogP contribution in [0.5, 0.6) is 5.75 Å². The van der Waals surface area contributed by atoms with Crippen molar-refractivity contribution in [3.05, 3.63) is 29.8 Å². The molecule has 1 atom stereocenters. The van der Waals surface area contributed by atoms with Crippen molar-refractivity contribution in [2.45, 2.75) is 57.8 Å². The Balaban J connectivity index is 2.05. The van der Waals surface area contributed by atoms with Gasteiger partial charge in [0, 0.05) is 0 Å². The minimum absolute atomic E-state index is 0.711. The fraction of sp³-hybridized carbons (Fsp3) is 0.700. The van der Waals surface area contributed by atoms with Crippen LogP contribution in [-0.2, 0) is 0 Å². The van der Waals surface area contributed by atoms with Gasteiger partial charge in [0.25, 0.3) is 0 Å². The van der Waals surface area contributed by atoms with Gasteiger partial charge >= 0.3 is 0 Å². The lowest BCUT2D eigenvalue weighted by Crippen LogP contribution is -2.22. The molecule has 2 nitrogen and oxygen atoms in total. The molecule has 1 fully saturated rings. The molecule has 124 valence electrons. The Hall–Kier alpha value is -1.02. The molecule has 1 aromatic rings. The van der Waals surface area contributed by atoms with Crippen molar-refractivity contribution in [1.29, 1.82) is 0 Å². The maximum atomic E-state index is 5.73. The highest BCUT2D eigenvalue weighted by molar-refractivity contribution is 5.30. The average molecular weight is 303 g/mol. The van der Waals surface area contributed by atoms with E-state index in [0.29, 0.717) is 5.92 Å². The van der Waals surface area contributed by atoms with E-state index in [-0.39, 0.29) is 0 Å². The molecule has 0 aliphatic heterocycles. The second-order valence-electron chi connectivity index (χ2n) is 7.01. The van der Waals surface area contributed by atoms with Gasteiger partial charge in [-0.1, -0.05) is 38.3 Å². The summed E-state index contributed by atoms with van der Waals surface area (Å²) in [6, 6.07) is 8.94. The molecule has 0 radical (unpaired) electrons. The molecule has 2 heteroatoms. The average Bonchev–Trinajstić information content (AvgIpc) is 2.55. The molecular formula is C20H33NO. The molecule has 0 N–H and O–H groups in total. The third kappa shape index (κ3) is 5.31. The Morgan fingerprint density at radius 2 is 1.77 bits per heavy atom. The highest BCUT2D eigenvalue weighted by Crippen LogP contribution is 2.38. The fourth-order valence-electron chi connectivity index (χ4n) is 3.64. The molecule has 0 heterocycles. The molecule has 0 saturated heterocycles. The van der Waals surface area contributed by atoms with Crippen LogP contribution < -0.4 is 4.74 Å². The number of hydrogen-bond acceptors (Lipinski definition) is 2. The zero-order valence-corrected chi connectivity index (χ0v) is 14.7. The van der Waals surface area contributed by atoms with E-state index in [9.17, 15) is 0 Å². The van der Waals surface area contributed by atoms with Crippen molar-refractivity contribution in [2.24, 2.45) is 5.92 Å². The van der Waals surface area contributed by atoms with Crippen LogP contribution in [0, 0.1) is 5.92 Å². The number of rotatable bonds is 8. The topological polar surface area (TPSA) is 12.5 Å². The van der Waals surface area contributed by atoms with E-state index in [1.807, 2.05) is 0 Å². The predicted octanol–water partition coefficient (Wildman–Crippen LogP) is 5.09. The van der Waals surface area contributed by atoms with Crippen LogP contribution in [0.25, 0.3) is 0 Å². The van der Waals surface area contributed by atoms with Crippen molar-refractivity contribution in [3.63, 3.8) is 0 Å². The molecule has 1 unspecified atom stereocenters. The first-order chi connectivity index (χ1) is 10.7. The SMILES string of the molecule is CCCOc1ccc(C(CCN(C)C)C2CCCCC2)cc1. The van der Waals surface area contributed by atoms with Gasteiger partial charge in [0.15, 0.2) is 0 Å². The van der Waals surface area contributed by atoms with E-state index >= 15 is 0 Å². The lowest BCUT2D eigenvalue weighted by molar-refractivity contribution is 0.271. The highest BCUT2D eigenvalue weighted by atomic mass is 16.5. The van der Waals surface area contributed by atoms with E-state index in [0.717, 1.165) is 24.7 Å². The molecular weight excluding hydrogens is 270 g/mol. The molecule has 0 aromatic heterocycles. The molecule has 22 heavy (non-hydrogen) atoms. The first kappa shape index (κ1) is 17.3. The van der Waals surface area contributed by atoms with Crippen LogP contribution in [0.1, 0.15) is 63.4 Å². The van der Waals surface area contributed by atoms with Gasteiger partial charge in [0.1, 0.15) is 5.75 Å². The first-order valence-corrected chi connectivity index (χ1v) is 9.08.